The van der Waals surface area contributed by atoms with Crippen LogP contribution in [-0.2, 0) is 11.2 Å². The lowest BCUT2D eigenvalue weighted by Crippen LogP contribution is -2.18. The first-order valence-electron chi connectivity index (χ1n) is 7.20. The summed E-state index contributed by atoms with van der Waals surface area (Å²) in [7, 11) is 1.18. The minimum absolute atomic E-state index is 0.108. The molecule has 2 nitrogen and oxygen atoms in total. The summed E-state index contributed by atoms with van der Waals surface area (Å²) in [6.07, 6.45) is 1.55. The van der Waals surface area contributed by atoms with Crippen LogP contribution in [0.4, 0.5) is 0 Å². The molecule has 0 fully saturated rings. The van der Waals surface area contributed by atoms with Gasteiger partial charge in [-0.3, -0.25) is 4.79 Å². The number of methoxy groups -OCH3 is 1. The molecule has 0 spiro atoms. The lowest BCUT2D eigenvalue weighted by Gasteiger charge is -2.20. The van der Waals surface area contributed by atoms with Crippen molar-refractivity contribution in [1.82, 2.24) is 0 Å². The van der Waals surface area contributed by atoms with Crippen LogP contribution in [0.2, 0.25) is 0 Å². The Balaban J connectivity index is 2.08. The summed E-state index contributed by atoms with van der Waals surface area (Å²) in [5, 5.41) is 2.60. The molecule has 0 bridgehead atoms. The molecule has 0 heterocycles. The predicted octanol–water partition coefficient (Wildman–Crippen LogP) is 3.10. The van der Waals surface area contributed by atoms with Gasteiger partial charge in [0.05, 0.1) is 6.35 Å². The van der Waals surface area contributed by atoms with E-state index in [9.17, 15) is 4.79 Å². The quantitative estimate of drug-likeness (QED) is 0.811. The van der Waals surface area contributed by atoms with Crippen LogP contribution in [0.5, 0.6) is 0 Å². The van der Waals surface area contributed by atoms with E-state index in [1.807, 2.05) is 25.1 Å². The van der Waals surface area contributed by atoms with Gasteiger partial charge in [0.15, 0.2) is 5.78 Å². The third kappa shape index (κ3) is 2.66. The Kier molecular flexibility index (Phi) is 4.19. The van der Waals surface area contributed by atoms with Gasteiger partial charge >= 0.3 is 0 Å². The molecular formula is C18H19O2P. The molecule has 0 N–H and O–H groups in total. The molecule has 0 radical (unpaired) electrons. The highest BCUT2D eigenvalue weighted by Gasteiger charge is 2.30. The van der Waals surface area contributed by atoms with E-state index in [1.165, 1.54) is 16.2 Å². The molecule has 1 aliphatic rings. The number of ether oxygens (including phenoxy) is 1. The molecule has 0 aliphatic heterocycles. The zero-order valence-corrected chi connectivity index (χ0v) is 13.3. The van der Waals surface area contributed by atoms with Crippen molar-refractivity contribution in [3.63, 3.8) is 0 Å². The van der Waals surface area contributed by atoms with Crippen LogP contribution in [0, 0.1) is 5.92 Å². The normalized spacial score (nSPS) is 18.6. The second-order valence-electron chi connectivity index (χ2n) is 5.45. The zero-order chi connectivity index (χ0) is 14.8. The fourth-order valence-corrected chi connectivity index (χ4v) is 5.12. The number of fused-ring (bicyclic) bond motifs is 1. The van der Waals surface area contributed by atoms with Crippen LogP contribution in [0.1, 0.15) is 22.8 Å². The highest BCUT2D eigenvalue weighted by molar-refractivity contribution is 7.72. The third-order valence-corrected chi connectivity index (χ3v) is 6.43. The van der Waals surface area contributed by atoms with E-state index in [0.29, 0.717) is 6.35 Å². The number of Topliss-reactive ketones (excluding diaryl/α,β-unsaturated/α-hetero) is 1. The fourth-order valence-electron chi connectivity index (χ4n) is 2.96. The Morgan fingerprint density at radius 3 is 2.62 bits per heavy atom. The monoisotopic (exact) mass is 298 g/mol. The summed E-state index contributed by atoms with van der Waals surface area (Å²) in [5.41, 5.74) is 2.15. The summed E-state index contributed by atoms with van der Waals surface area (Å²) in [4.78, 5) is 12.2. The number of rotatable bonds is 4. The SMILES string of the molecule is COCP(c1ccccc1)c1cccc2c1CC(C)C2=O. The number of carbonyl (C=O) groups excluding carboxylic acids is 1. The molecule has 21 heavy (non-hydrogen) atoms. The third-order valence-electron chi connectivity index (χ3n) is 3.99. The molecule has 0 aromatic heterocycles. The summed E-state index contributed by atoms with van der Waals surface area (Å²) in [6.45, 7) is 2.02. The molecule has 0 saturated carbocycles. The van der Waals surface area contributed by atoms with E-state index in [1.54, 1.807) is 7.11 Å². The maximum Gasteiger partial charge on any atom is 0.166 e. The number of hydrogen-bond acceptors (Lipinski definition) is 2. The molecule has 0 saturated heterocycles. The molecule has 3 heteroatoms. The van der Waals surface area contributed by atoms with Crippen LogP contribution in [0.3, 0.4) is 0 Å². The largest absolute Gasteiger partial charge is 0.380 e. The van der Waals surface area contributed by atoms with Crippen molar-refractivity contribution in [2.75, 3.05) is 13.5 Å². The highest BCUT2D eigenvalue weighted by atomic mass is 31.1. The van der Waals surface area contributed by atoms with Crippen molar-refractivity contribution in [2.24, 2.45) is 5.92 Å². The van der Waals surface area contributed by atoms with Gasteiger partial charge in [-0.25, -0.2) is 0 Å². The Labute approximate surface area is 126 Å². The van der Waals surface area contributed by atoms with E-state index < -0.39 is 7.92 Å². The number of carbonyl (C=O) groups is 1. The van der Waals surface area contributed by atoms with E-state index in [-0.39, 0.29) is 11.7 Å². The standard InChI is InChI=1S/C18H19O2P/c1-13-11-16-15(18(13)19)9-6-10-17(16)21(12-20-2)14-7-4-3-5-8-14/h3-10,13H,11-12H2,1-2H3. The van der Waals surface area contributed by atoms with Crippen LogP contribution in [0.15, 0.2) is 48.5 Å². The number of ketones is 1. The van der Waals surface area contributed by atoms with Crippen molar-refractivity contribution in [1.29, 1.82) is 0 Å². The summed E-state index contributed by atoms with van der Waals surface area (Å²) >= 11 is 0. The second-order valence-corrected chi connectivity index (χ2v) is 7.57. The predicted molar refractivity (Wildman–Crippen MR) is 88.1 cm³/mol. The first kappa shape index (κ1) is 14.4. The van der Waals surface area contributed by atoms with Crippen LogP contribution >= 0.6 is 7.92 Å². The van der Waals surface area contributed by atoms with Gasteiger partial charge in [-0.05, 0) is 30.5 Å². The average Bonchev–Trinajstić information content (AvgIpc) is 2.81. The van der Waals surface area contributed by atoms with E-state index in [4.69, 9.17) is 4.74 Å². The van der Waals surface area contributed by atoms with Crippen LogP contribution in [0.25, 0.3) is 0 Å². The van der Waals surface area contributed by atoms with E-state index in [0.717, 1.165) is 12.0 Å². The Morgan fingerprint density at radius 1 is 1.14 bits per heavy atom. The molecule has 1 aliphatic carbocycles. The van der Waals surface area contributed by atoms with E-state index >= 15 is 0 Å². The molecular weight excluding hydrogens is 279 g/mol. The van der Waals surface area contributed by atoms with Crippen molar-refractivity contribution < 1.29 is 9.53 Å². The summed E-state index contributed by atoms with van der Waals surface area (Å²) in [5.74, 6) is 0.392. The van der Waals surface area contributed by atoms with Crippen molar-refractivity contribution >= 4 is 24.3 Å². The van der Waals surface area contributed by atoms with Crippen LogP contribution in [-0.4, -0.2) is 19.2 Å². The Hall–Kier alpha value is -1.50. The fraction of sp³-hybridized carbons (Fsp3) is 0.278. The van der Waals surface area contributed by atoms with Gasteiger partial charge in [-0.2, -0.15) is 0 Å². The van der Waals surface area contributed by atoms with Gasteiger partial charge in [0, 0.05) is 18.6 Å². The minimum atomic E-state index is -0.566. The average molecular weight is 298 g/mol. The Bertz CT molecular complexity index is 652. The number of hydrogen-bond donors (Lipinski definition) is 0. The first-order chi connectivity index (χ1) is 10.2. The van der Waals surface area contributed by atoms with E-state index in [2.05, 4.69) is 30.3 Å². The van der Waals surface area contributed by atoms with Crippen molar-refractivity contribution in [3.05, 3.63) is 59.7 Å². The van der Waals surface area contributed by atoms with Gasteiger partial charge < -0.3 is 4.74 Å². The van der Waals surface area contributed by atoms with Crippen molar-refractivity contribution in [3.8, 4) is 0 Å². The number of benzene rings is 2. The second kappa shape index (κ2) is 6.09. The van der Waals surface area contributed by atoms with Gasteiger partial charge in [0.1, 0.15) is 0 Å². The van der Waals surface area contributed by atoms with Gasteiger partial charge in [0.25, 0.3) is 0 Å². The summed E-state index contributed by atoms with van der Waals surface area (Å²) < 4.78 is 5.47. The first-order valence-corrected chi connectivity index (χ1v) is 8.72. The molecule has 0 amide bonds. The maximum atomic E-state index is 12.2. The molecule has 2 unspecified atom stereocenters. The van der Waals surface area contributed by atoms with Gasteiger partial charge in [-0.15, -0.1) is 0 Å². The summed E-state index contributed by atoms with van der Waals surface area (Å²) in [6, 6.07) is 16.6. The molecule has 2 aromatic rings. The van der Waals surface area contributed by atoms with Gasteiger partial charge in [0.2, 0.25) is 0 Å². The molecule has 108 valence electrons. The van der Waals surface area contributed by atoms with Gasteiger partial charge in [-0.1, -0.05) is 55.5 Å². The molecule has 2 atom stereocenters. The smallest absolute Gasteiger partial charge is 0.166 e. The lowest BCUT2D eigenvalue weighted by molar-refractivity contribution is 0.0946. The van der Waals surface area contributed by atoms with Crippen LogP contribution < -0.4 is 10.6 Å². The zero-order valence-electron chi connectivity index (χ0n) is 12.4. The molecule has 2 aromatic carbocycles. The molecule has 3 rings (SSSR count). The minimum Gasteiger partial charge on any atom is -0.380 e. The highest BCUT2D eigenvalue weighted by Crippen LogP contribution is 2.38. The topological polar surface area (TPSA) is 26.3 Å². The lowest BCUT2D eigenvalue weighted by atomic mass is 10.1. The Morgan fingerprint density at radius 2 is 1.90 bits per heavy atom. The van der Waals surface area contributed by atoms with Crippen molar-refractivity contribution in [2.45, 2.75) is 13.3 Å². The maximum absolute atomic E-state index is 12.2.